The summed E-state index contributed by atoms with van der Waals surface area (Å²) in [5, 5.41) is 12.7. The molecular weight excluding hydrogens is 544 g/mol. The number of hydrogen-bond acceptors (Lipinski definition) is 10. The van der Waals surface area contributed by atoms with E-state index in [0.717, 1.165) is 16.7 Å². The van der Waals surface area contributed by atoms with Gasteiger partial charge in [-0.2, -0.15) is 15.0 Å². The Morgan fingerprint density at radius 3 is 1.67 bits per heavy atom. The maximum Gasteiger partial charge on any atom is 0.251 e. The first kappa shape index (κ1) is 31.4. The molecule has 1 aromatic heterocycles. The van der Waals surface area contributed by atoms with E-state index in [0.29, 0.717) is 82.6 Å². The van der Waals surface area contributed by atoms with Gasteiger partial charge < -0.3 is 36.5 Å². The van der Waals surface area contributed by atoms with Crippen LogP contribution in [0.4, 0.5) is 17.8 Å². The Bertz CT molecular complexity index is 1390. The number of ether oxygens (including phenoxy) is 2. The van der Waals surface area contributed by atoms with Gasteiger partial charge in [0.15, 0.2) is 0 Å². The minimum Gasteiger partial charge on any atom is -0.378 e. The molecule has 0 aliphatic rings. The van der Waals surface area contributed by atoms with Crippen LogP contribution < -0.4 is 27.0 Å². The van der Waals surface area contributed by atoms with Crippen molar-refractivity contribution in [3.05, 3.63) is 107 Å². The average molecular weight is 585 g/mol. The number of nitrogens with one attached hydrogen (secondary N) is 4. The third-order valence-corrected chi connectivity index (χ3v) is 6.33. The molecule has 11 heteroatoms. The van der Waals surface area contributed by atoms with Gasteiger partial charge in [-0.15, -0.1) is 0 Å². The van der Waals surface area contributed by atoms with E-state index < -0.39 is 0 Å². The molecule has 3 aromatic carbocycles. The smallest absolute Gasteiger partial charge is 0.251 e. The van der Waals surface area contributed by atoms with Crippen molar-refractivity contribution in [3.63, 3.8) is 0 Å². The minimum atomic E-state index is -0.154. The molecule has 226 valence electrons. The zero-order chi connectivity index (χ0) is 30.1. The lowest BCUT2D eigenvalue weighted by Crippen LogP contribution is -2.27. The fourth-order valence-electron chi connectivity index (χ4n) is 3.98. The molecular formula is C32H40N8O3. The Hall–Kier alpha value is -4.58. The summed E-state index contributed by atoms with van der Waals surface area (Å²) >= 11 is 0. The van der Waals surface area contributed by atoms with E-state index in [1.807, 2.05) is 42.5 Å². The van der Waals surface area contributed by atoms with Gasteiger partial charge >= 0.3 is 0 Å². The van der Waals surface area contributed by atoms with Crippen molar-refractivity contribution in [1.82, 2.24) is 20.3 Å². The molecule has 0 fully saturated rings. The van der Waals surface area contributed by atoms with Crippen molar-refractivity contribution >= 4 is 23.8 Å². The van der Waals surface area contributed by atoms with Gasteiger partial charge in [0, 0.05) is 38.3 Å². The van der Waals surface area contributed by atoms with Gasteiger partial charge in [-0.05, 0) is 35.7 Å². The lowest BCUT2D eigenvalue weighted by atomic mass is 10.1. The quantitative estimate of drug-likeness (QED) is 0.110. The van der Waals surface area contributed by atoms with Crippen LogP contribution in [0.15, 0.2) is 78.9 Å². The van der Waals surface area contributed by atoms with Crippen molar-refractivity contribution in [3.8, 4) is 0 Å². The summed E-state index contributed by atoms with van der Waals surface area (Å²) < 4.78 is 10.7. The standard InChI is InChI=1S/C32H40N8O3/c1-24-7-9-26(10-8-24)22-36-31-38-30(35-21-25-5-3-2-4-6-25)39-32(40-31)37-23-27-11-13-28(14-12-27)29(41)34-16-18-43-20-19-42-17-15-33/h2-14H,15-23,33H2,1H3,(H,34,41)(H3,35,36,37,38,39,40). The van der Waals surface area contributed by atoms with Crippen LogP contribution in [0.1, 0.15) is 32.6 Å². The lowest BCUT2D eigenvalue weighted by Gasteiger charge is -2.12. The van der Waals surface area contributed by atoms with Gasteiger partial charge in [0.2, 0.25) is 17.8 Å². The number of aromatic nitrogens is 3. The number of benzene rings is 3. The summed E-state index contributed by atoms with van der Waals surface area (Å²) in [6, 6.07) is 25.8. The summed E-state index contributed by atoms with van der Waals surface area (Å²) in [7, 11) is 0. The highest BCUT2D eigenvalue weighted by Crippen LogP contribution is 2.14. The highest BCUT2D eigenvalue weighted by molar-refractivity contribution is 5.94. The van der Waals surface area contributed by atoms with E-state index in [1.54, 1.807) is 12.1 Å². The molecule has 4 aromatic rings. The van der Waals surface area contributed by atoms with Crippen LogP contribution in [0.2, 0.25) is 0 Å². The second kappa shape index (κ2) is 17.4. The normalized spacial score (nSPS) is 10.7. The number of carbonyl (C=O) groups is 1. The van der Waals surface area contributed by atoms with Crippen molar-refractivity contribution in [1.29, 1.82) is 0 Å². The maximum atomic E-state index is 12.5. The number of nitrogens with two attached hydrogens (primary N) is 1. The highest BCUT2D eigenvalue weighted by atomic mass is 16.5. The number of amides is 1. The topological polar surface area (TPSA) is 148 Å². The van der Waals surface area contributed by atoms with Crippen LogP contribution in [0.3, 0.4) is 0 Å². The first-order valence-electron chi connectivity index (χ1n) is 14.4. The van der Waals surface area contributed by atoms with Gasteiger partial charge in [0.25, 0.3) is 5.91 Å². The van der Waals surface area contributed by atoms with E-state index in [2.05, 4.69) is 67.4 Å². The molecule has 0 atom stereocenters. The predicted octanol–water partition coefficient (Wildman–Crippen LogP) is 3.74. The molecule has 4 rings (SSSR count). The molecule has 0 bridgehead atoms. The van der Waals surface area contributed by atoms with Crippen molar-refractivity contribution in [2.45, 2.75) is 26.6 Å². The van der Waals surface area contributed by atoms with Gasteiger partial charge in [0.05, 0.1) is 26.4 Å². The van der Waals surface area contributed by atoms with Gasteiger partial charge in [-0.1, -0.05) is 72.3 Å². The monoisotopic (exact) mass is 584 g/mol. The first-order valence-corrected chi connectivity index (χ1v) is 14.4. The van der Waals surface area contributed by atoms with Crippen LogP contribution in [0.25, 0.3) is 0 Å². The molecule has 0 aliphatic heterocycles. The molecule has 0 unspecified atom stereocenters. The molecule has 1 amide bonds. The van der Waals surface area contributed by atoms with Crippen molar-refractivity contribution < 1.29 is 14.3 Å². The highest BCUT2D eigenvalue weighted by Gasteiger charge is 2.09. The molecule has 0 saturated carbocycles. The SMILES string of the molecule is Cc1ccc(CNc2nc(NCc3ccccc3)nc(NCc3ccc(C(=O)NCCOCCOCCN)cc3)n2)cc1. The second-order valence-corrected chi connectivity index (χ2v) is 9.80. The molecule has 6 N–H and O–H groups in total. The van der Waals surface area contributed by atoms with E-state index in [-0.39, 0.29) is 5.91 Å². The van der Waals surface area contributed by atoms with Gasteiger partial charge in [-0.3, -0.25) is 4.79 Å². The molecule has 0 radical (unpaired) electrons. The van der Waals surface area contributed by atoms with E-state index in [1.165, 1.54) is 5.56 Å². The van der Waals surface area contributed by atoms with Crippen LogP contribution in [0.5, 0.6) is 0 Å². The summed E-state index contributed by atoms with van der Waals surface area (Å²) in [4.78, 5) is 26.2. The van der Waals surface area contributed by atoms with Crippen LogP contribution in [-0.2, 0) is 29.1 Å². The average Bonchev–Trinajstić information content (AvgIpc) is 3.04. The first-order chi connectivity index (χ1) is 21.1. The van der Waals surface area contributed by atoms with Gasteiger partial charge in [0.1, 0.15) is 0 Å². The Labute approximate surface area is 252 Å². The number of hydrogen-bond donors (Lipinski definition) is 5. The molecule has 1 heterocycles. The number of carbonyl (C=O) groups excluding carboxylic acids is 1. The molecule has 0 saturated heterocycles. The van der Waals surface area contributed by atoms with Crippen LogP contribution in [0, 0.1) is 6.92 Å². The minimum absolute atomic E-state index is 0.154. The number of nitrogens with zero attached hydrogens (tertiary/aromatic N) is 3. The number of aryl methyl sites for hydroxylation is 1. The summed E-state index contributed by atoms with van der Waals surface area (Å²) in [6.45, 7) is 6.49. The Kier molecular flexibility index (Phi) is 12.7. The lowest BCUT2D eigenvalue weighted by molar-refractivity contribution is 0.0511. The van der Waals surface area contributed by atoms with Crippen molar-refractivity contribution in [2.75, 3.05) is 55.5 Å². The maximum absolute atomic E-state index is 12.5. The summed E-state index contributed by atoms with van der Waals surface area (Å²) in [5.74, 6) is 1.21. The third-order valence-electron chi connectivity index (χ3n) is 6.33. The number of anilines is 3. The molecule has 0 spiro atoms. The fraction of sp³-hybridized carbons (Fsp3) is 0.312. The van der Waals surface area contributed by atoms with E-state index >= 15 is 0 Å². The van der Waals surface area contributed by atoms with E-state index in [4.69, 9.17) is 15.2 Å². The third kappa shape index (κ3) is 11.3. The van der Waals surface area contributed by atoms with E-state index in [9.17, 15) is 4.79 Å². The largest absolute Gasteiger partial charge is 0.378 e. The molecule has 11 nitrogen and oxygen atoms in total. The Morgan fingerprint density at radius 1 is 0.651 bits per heavy atom. The molecule has 0 aliphatic carbocycles. The fourth-order valence-corrected chi connectivity index (χ4v) is 3.98. The Balaban J connectivity index is 1.30. The number of rotatable bonds is 18. The van der Waals surface area contributed by atoms with Crippen LogP contribution in [-0.4, -0.2) is 60.4 Å². The second-order valence-electron chi connectivity index (χ2n) is 9.80. The molecule has 43 heavy (non-hydrogen) atoms. The zero-order valence-electron chi connectivity index (χ0n) is 24.5. The predicted molar refractivity (Wildman–Crippen MR) is 169 cm³/mol. The van der Waals surface area contributed by atoms with Crippen molar-refractivity contribution in [2.24, 2.45) is 5.73 Å². The zero-order valence-corrected chi connectivity index (χ0v) is 24.5. The van der Waals surface area contributed by atoms with Crippen LogP contribution >= 0.6 is 0 Å². The Morgan fingerprint density at radius 2 is 1.14 bits per heavy atom. The summed E-state index contributed by atoms with van der Waals surface area (Å²) in [5.41, 5.74) is 10.4. The summed E-state index contributed by atoms with van der Waals surface area (Å²) in [6.07, 6.45) is 0. The van der Waals surface area contributed by atoms with Gasteiger partial charge in [-0.25, -0.2) is 0 Å².